The van der Waals surface area contributed by atoms with Crippen molar-refractivity contribution < 1.29 is 42.2 Å². The second-order valence-electron chi connectivity index (χ2n) is 5.23. The molecule has 0 amide bonds. The maximum absolute atomic E-state index is 6.00. The summed E-state index contributed by atoms with van der Waals surface area (Å²) in [4.78, 5) is 0. The van der Waals surface area contributed by atoms with Gasteiger partial charge in [-0.3, -0.25) is 0 Å². The Kier molecular flexibility index (Phi) is 14.8. The van der Waals surface area contributed by atoms with E-state index in [2.05, 4.69) is 27.7 Å². The van der Waals surface area contributed by atoms with Crippen LogP contribution in [0.4, 0.5) is 0 Å². The third-order valence-corrected chi connectivity index (χ3v) is 4.03. The van der Waals surface area contributed by atoms with Crippen molar-refractivity contribution in [3.8, 4) is 0 Å². The van der Waals surface area contributed by atoms with Crippen molar-refractivity contribution in [2.24, 2.45) is 0 Å². The van der Waals surface area contributed by atoms with E-state index in [-0.39, 0.29) is 6.10 Å². The zero-order valence-electron chi connectivity index (χ0n) is 14.3. The van der Waals surface area contributed by atoms with Gasteiger partial charge in [0.15, 0.2) is 0 Å². The van der Waals surface area contributed by atoms with Crippen LogP contribution in [0.3, 0.4) is 0 Å². The molecule has 0 bridgehead atoms. The van der Waals surface area contributed by atoms with Crippen molar-refractivity contribution in [1.29, 1.82) is 0 Å². The number of unbranched alkanes of at least 4 members (excludes halogenated alkanes) is 3. The molecule has 21 heavy (non-hydrogen) atoms. The Balaban J connectivity index is 4.73. The van der Waals surface area contributed by atoms with Crippen molar-refractivity contribution >= 4 is 0 Å². The van der Waals surface area contributed by atoms with Crippen LogP contribution in [-0.2, 0) is 42.2 Å². The molecule has 0 radical (unpaired) electrons. The molecule has 0 N–H and O–H groups in total. The molecular weight excluding hydrogens is 347 g/mol. The average molecular weight is 381 g/mol. The van der Waals surface area contributed by atoms with Crippen molar-refractivity contribution in [3.05, 3.63) is 0 Å². The van der Waals surface area contributed by atoms with E-state index < -0.39 is 5.97 Å². The fraction of sp³-hybridized carbons (Fsp3) is 1.00. The third-order valence-electron chi connectivity index (χ3n) is 3.33. The molecule has 0 saturated carbocycles. The fourth-order valence-corrected chi connectivity index (χ4v) is 2.52. The molecule has 0 aliphatic rings. The predicted octanol–water partition coefficient (Wildman–Crippen LogP) is 4.35. The van der Waals surface area contributed by atoms with E-state index >= 15 is 0 Å². The summed E-state index contributed by atoms with van der Waals surface area (Å²) in [5, 5.41) is 0. The Hall–Kier alpha value is 0.723. The number of hydrogen-bond donors (Lipinski definition) is 0. The number of ether oxygens (including phenoxy) is 3. The molecule has 0 rings (SSSR count). The van der Waals surface area contributed by atoms with Crippen molar-refractivity contribution in [2.45, 2.75) is 84.7 Å². The van der Waals surface area contributed by atoms with Crippen molar-refractivity contribution in [1.82, 2.24) is 0 Å². The minimum atomic E-state index is -1.02. The van der Waals surface area contributed by atoms with Crippen LogP contribution in [-0.4, -0.2) is 31.9 Å². The molecule has 0 aliphatic carbocycles. The zero-order chi connectivity index (χ0) is 16.0. The molecule has 0 heterocycles. The maximum atomic E-state index is 6.00. The van der Waals surface area contributed by atoms with Crippen molar-refractivity contribution in [2.75, 3.05) is 19.8 Å². The second-order valence-corrected chi connectivity index (χ2v) is 5.73. The van der Waals surface area contributed by atoms with Gasteiger partial charge >= 0.3 is 147 Å². The fourth-order valence-electron chi connectivity index (χ4n) is 1.91. The first-order valence-electron chi connectivity index (χ1n) is 8.44. The summed E-state index contributed by atoms with van der Waals surface area (Å²) in [6, 6.07) is 0. The summed E-state index contributed by atoms with van der Waals surface area (Å²) in [5.74, 6) is -1.02. The SMILES string of the molecule is CCCCOC(CC)C([O][Zr])(OCCCC)OCCCC. The minimum absolute atomic E-state index is 0.169. The quantitative estimate of drug-likeness (QED) is 0.313. The van der Waals surface area contributed by atoms with Crippen molar-refractivity contribution in [3.63, 3.8) is 0 Å². The molecule has 0 aliphatic heterocycles. The molecule has 0 aromatic rings. The van der Waals surface area contributed by atoms with Crippen LogP contribution in [0.2, 0.25) is 0 Å². The first-order valence-corrected chi connectivity index (χ1v) is 9.45. The Bertz CT molecular complexity index is 216. The van der Waals surface area contributed by atoms with E-state index in [1.807, 2.05) is 0 Å². The summed E-state index contributed by atoms with van der Waals surface area (Å²) >= 11 is 0.944. The van der Waals surface area contributed by atoms with Crippen LogP contribution < -0.4 is 0 Å². The third kappa shape index (κ3) is 8.81. The Morgan fingerprint density at radius 1 is 0.810 bits per heavy atom. The van der Waals surface area contributed by atoms with Gasteiger partial charge in [0.25, 0.3) is 0 Å². The molecule has 0 aromatic heterocycles. The molecule has 125 valence electrons. The van der Waals surface area contributed by atoms with Crippen LogP contribution in [0, 0.1) is 0 Å². The molecule has 0 aromatic carbocycles. The van der Waals surface area contributed by atoms with Gasteiger partial charge in [-0.25, -0.2) is 0 Å². The standard InChI is InChI=1S/C16H33O4.Zr/c1-5-9-12-18-15(8-4)16(17,19-13-10-6-2)20-14-11-7-3;/h15H,5-14H2,1-4H3;/q-1;+1. The summed E-state index contributed by atoms with van der Waals surface area (Å²) in [6.07, 6.45) is 7.01. The van der Waals surface area contributed by atoms with Crippen LogP contribution in [0.1, 0.15) is 72.6 Å². The van der Waals surface area contributed by atoms with Gasteiger partial charge in [0.1, 0.15) is 0 Å². The van der Waals surface area contributed by atoms with E-state index in [4.69, 9.17) is 17.0 Å². The average Bonchev–Trinajstić information content (AvgIpc) is 2.51. The number of rotatable bonds is 15. The molecule has 0 spiro atoms. The molecule has 1 atom stereocenters. The second kappa shape index (κ2) is 14.3. The first-order chi connectivity index (χ1) is 10.2. The Morgan fingerprint density at radius 3 is 1.67 bits per heavy atom. The molecule has 4 nitrogen and oxygen atoms in total. The van der Waals surface area contributed by atoms with Gasteiger partial charge in [-0.05, 0) is 0 Å². The number of hydrogen-bond acceptors (Lipinski definition) is 4. The monoisotopic (exact) mass is 379 g/mol. The van der Waals surface area contributed by atoms with E-state index in [0.717, 1.165) is 76.7 Å². The van der Waals surface area contributed by atoms with E-state index in [1.54, 1.807) is 0 Å². The van der Waals surface area contributed by atoms with Crippen LogP contribution in [0.5, 0.6) is 0 Å². The molecule has 5 heteroatoms. The summed E-state index contributed by atoms with van der Waals surface area (Å²) in [7, 11) is 0. The predicted molar refractivity (Wildman–Crippen MR) is 80.5 cm³/mol. The first kappa shape index (κ1) is 21.7. The summed E-state index contributed by atoms with van der Waals surface area (Å²) < 4.78 is 23.7. The van der Waals surface area contributed by atoms with E-state index in [0.29, 0.717) is 13.2 Å². The van der Waals surface area contributed by atoms with E-state index in [9.17, 15) is 0 Å². The van der Waals surface area contributed by atoms with E-state index in [1.165, 1.54) is 0 Å². The Morgan fingerprint density at radius 2 is 1.29 bits per heavy atom. The molecule has 1 unspecified atom stereocenters. The molecular formula is C16H33O4Zr. The molecule has 0 fully saturated rings. The normalized spacial score (nSPS) is 13.5. The topological polar surface area (TPSA) is 36.9 Å². The summed E-state index contributed by atoms with van der Waals surface area (Å²) in [6.45, 7) is 10.6. The van der Waals surface area contributed by atoms with Gasteiger partial charge in [0.05, 0.1) is 0 Å². The van der Waals surface area contributed by atoms with Gasteiger partial charge in [-0.2, -0.15) is 0 Å². The van der Waals surface area contributed by atoms with Crippen LogP contribution in [0.15, 0.2) is 0 Å². The van der Waals surface area contributed by atoms with Gasteiger partial charge < -0.3 is 0 Å². The summed E-state index contributed by atoms with van der Waals surface area (Å²) in [5.41, 5.74) is 0. The van der Waals surface area contributed by atoms with Crippen LogP contribution in [0.25, 0.3) is 0 Å². The van der Waals surface area contributed by atoms with Crippen LogP contribution >= 0.6 is 0 Å². The molecule has 0 saturated heterocycles. The van der Waals surface area contributed by atoms with Gasteiger partial charge in [-0.1, -0.05) is 0 Å². The Labute approximate surface area is 146 Å². The van der Waals surface area contributed by atoms with Gasteiger partial charge in [-0.15, -0.1) is 0 Å². The van der Waals surface area contributed by atoms with Gasteiger partial charge in [0.2, 0.25) is 0 Å². The zero-order valence-corrected chi connectivity index (χ0v) is 16.7. The van der Waals surface area contributed by atoms with Gasteiger partial charge in [0, 0.05) is 0 Å².